The van der Waals surface area contributed by atoms with Gasteiger partial charge in [-0.3, -0.25) is 0 Å². The molecule has 0 aromatic carbocycles. The van der Waals surface area contributed by atoms with E-state index in [0.717, 1.165) is 17.0 Å². The van der Waals surface area contributed by atoms with Gasteiger partial charge in [0, 0.05) is 11.5 Å². The number of aromatic nitrogens is 1. The lowest BCUT2D eigenvalue weighted by molar-refractivity contribution is 0.401. The Morgan fingerprint density at radius 1 is 0.938 bits per heavy atom. The van der Waals surface area contributed by atoms with Gasteiger partial charge in [-0.2, -0.15) is 4.98 Å². The third kappa shape index (κ3) is 2.52. The second-order valence-electron chi connectivity index (χ2n) is 5.11. The van der Waals surface area contributed by atoms with Crippen molar-refractivity contribution in [1.82, 2.24) is 4.98 Å². The molecule has 0 aliphatic rings. The average molecular weight is 223 g/mol. The summed E-state index contributed by atoms with van der Waals surface area (Å²) in [5, 5.41) is 0. The van der Waals surface area contributed by atoms with E-state index in [-0.39, 0.29) is 11.8 Å². The van der Waals surface area contributed by atoms with E-state index in [1.807, 2.05) is 13.8 Å². The van der Waals surface area contributed by atoms with Crippen LogP contribution in [0.15, 0.2) is 9.21 Å². The van der Waals surface area contributed by atoms with E-state index in [2.05, 4.69) is 32.7 Å². The first-order chi connectivity index (χ1) is 7.34. The van der Waals surface area contributed by atoms with E-state index in [1.54, 1.807) is 0 Å². The van der Waals surface area contributed by atoms with Gasteiger partial charge in [0.1, 0.15) is 5.76 Å². The highest BCUT2D eigenvalue weighted by atomic mass is 16.4. The Labute approximate surface area is 96.9 Å². The number of rotatable bonds is 3. The second-order valence-corrected chi connectivity index (χ2v) is 5.11. The lowest BCUT2D eigenvalue weighted by Crippen LogP contribution is -2.17. The number of hydrogen-bond donors (Lipinski definition) is 0. The molecular weight excluding hydrogens is 202 g/mol. The van der Waals surface area contributed by atoms with Crippen LogP contribution in [0, 0.1) is 0 Å². The number of hydrogen-bond acceptors (Lipinski definition) is 3. The Balaban J connectivity index is 3.54. The molecule has 0 spiro atoms. The first kappa shape index (κ1) is 12.9. The summed E-state index contributed by atoms with van der Waals surface area (Å²) in [6.45, 7) is 12.4. The lowest BCUT2D eigenvalue weighted by Gasteiger charge is -2.18. The van der Waals surface area contributed by atoms with Crippen LogP contribution in [0.3, 0.4) is 0 Å². The van der Waals surface area contributed by atoms with Crippen molar-refractivity contribution in [2.24, 2.45) is 0 Å². The van der Waals surface area contributed by atoms with E-state index in [1.165, 1.54) is 0 Å². The van der Waals surface area contributed by atoms with Gasteiger partial charge >= 0.3 is 5.76 Å². The summed E-state index contributed by atoms with van der Waals surface area (Å²) in [4.78, 5) is 15.4. The molecule has 0 aliphatic carbocycles. The molecule has 0 saturated heterocycles. The van der Waals surface area contributed by atoms with Crippen LogP contribution in [0.1, 0.15) is 76.3 Å². The van der Waals surface area contributed by atoms with E-state index < -0.39 is 5.76 Å². The summed E-state index contributed by atoms with van der Waals surface area (Å²) in [6.07, 6.45) is 0. The van der Waals surface area contributed by atoms with Gasteiger partial charge in [0.05, 0.1) is 5.69 Å². The van der Waals surface area contributed by atoms with E-state index >= 15 is 0 Å². The minimum Gasteiger partial charge on any atom is -0.413 e. The van der Waals surface area contributed by atoms with E-state index in [4.69, 9.17) is 4.42 Å². The largest absolute Gasteiger partial charge is 0.438 e. The maximum absolute atomic E-state index is 11.4. The standard InChI is InChI=1S/C13H21NO2/c1-7(2)10-11(8(3)4)14-13(15)16-12(10)9(5)6/h7-9H,1-6H3. The van der Waals surface area contributed by atoms with Gasteiger partial charge in [-0.1, -0.05) is 41.5 Å². The molecule has 0 unspecified atom stereocenters. The second kappa shape index (κ2) is 4.81. The first-order valence-corrected chi connectivity index (χ1v) is 5.89. The number of nitrogens with zero attached hydrogens (tertiary/aromatic N) is 1. The molecule has 0 atom stereocenters. The summed E-state index contributed by atoms with van der Waals surface area (Å²) >= 11 is 0. The average Bonchev–Trinajstić information content (AvgIpc) is 2.15. The van der Waals surface area contributed by atoms with E-state index in [9.17, 15) is 4.79 Å². The minimum atomic E-state index is -0.475. The predicted molar refractivity (Wildman–Crippen MR) is 65.0 cm³/mol. The Hall–Kier alpha value is -1.12. The van der Waals surface area contributed by atoms with Crippen LogP contribution in [-0.2, 0) is 0 Å². The molecule has 0 amide bonds. The summed E-state index contributed by atoms with van der Waals surface area (Å²) in [7, 11) is 0. The quantitative estimate of drug-likeness (QED) is 0.788. The summed E-state index contributed by atoms with van der Waals surface area (Å²) < 4.78 is 5.26. The molecule has 1 aromatic heterocycles. The van der Waals surface area contributed by atoms with Crippen LogP contribution in [-0.4, -0.2) is 4.98 Å². The van der Waals surface area contributed by atoms with Gasteiger partial charge in [-0.05, 0) is 11.8 Å². The Bertz CT molecular complexity index is 384. The van der Waals surface area contributed by atoms with Gasteiger partial charge < -0.3 is 4.42 Å². The lowest BCUT2D eigenvalue weighted by atomic mass is 9.91. The molecule has 16 heavy (non-hydrogen) atoms. The van der Waals surface area contributed by atoms with Crippen LogP contribution in [0.25, 0.3) is 0 Å². The normalized spacial score (nSPS) is 11.8. The molecule has 3 nitrogen and oxygen atoms in total. The van der Waals surface area contributed by atoms with Gasteiger partial charge in [-0.25, -0.2) is 4.79 Å². The molecule has 3 heteroatoms. The Morgan fingerprint density at radius 2 is 1.50 bits per heavy atom. The zero-order chi connectivity index (χ0) is 12.5. The first-order valence-electron chi connectivity index (χ1n) is 5.89. The van der Waals surface area contributed by atoms with Crippen molar-refractivity contribution in [3.8, 4) is 0 Å². The Kier molecular flexibility index (Phi) is 3.89. The zero-order valence-electron chi connectivity index (χ0n) is 11.0. The van der Waals surface area contributed by atoms with Crippen LogP contribution in [0.4, 0.5) is 0 Å². The van der Waals surface area contributed by atoms with Crippen molar-refractivity contribution < 1.29 is 4.42 Å². The summed E-state index contributed by atoms with van der Waals surface area (Å²) in [5.74, 6) is 1.10. The fourth-order valence-electron chi connectivity index (χ4n) is 1.91. The molecule has 0 aliphatic heterocycles. The molecule has 0 radical (unpaired) electrons. The predicted octanol–water partition coefficient (Wildman–Crippen LogP) is 3.41. The highest BCUT2D eigenvalue weighted by Gasteiger charge is 2.21. The molecule has 0 N–H and O–H groups in total. The van der Waals surface area contributed by atoms with Gasteiger partial charge in [0.2, 0.25) is 0 Å². The van der Waals surface area contributed by atoms with Gasteiger partial charge in [0.25, 0.3) is 0 Å². The van der Waals surface area contributed by atoms with Crippen molar-refractivity contribution in [3.63, 3.8) is 0 Å². The van der Waals surface area contributed by atoms with Crippen LogP contribution in [0.2, 0.25) is 0 Å². The molecule has 1 heterocycles. The fraction of sp³-hybridized carbons (Fsp3) is 0.692. The summed E-state index contributed by atoms with van der Waals surface area (Å²) in [6, 6.07) is 0. The molecule has 1 aromatic rings. The maximum Gasteiger partial charge on any atom is 0.438 e. The highest BCUT2D eigenvalue weighted by molar-refractivity contribution is 5.30. The molecule has 0 bridgehead atoms. The zero-order valence-corrected chi connectivity index (χ0v) is 11.0. The van der Waals surface area contributed by atoms with Crippen LogP contribution in [0.5, 0.6) is 0 Å². The highest BCUT2D eigenvalue weighted by Crippen LogP contribution is 2.30. The summed E-state index contributed by atoms with van der Waals surface area (Å²) in [5.41, 5.74) is 1.99. The van der Waals surface area contributed by atoms with Crippen molar-refractivity contribution in [1.29, 1.82) is 0 Å². The molecule has 1 rings (SSSR count). The van der Waals surface area contributed by atoms with Crippen LogP contribution < -0.4 is 5.76 Å². The molecule has 0 fully saturated rings. The van der Waals surface area contributed by atoms with Crippen LogP contribution >= 0.6 is 0 Å². The van der Waals surface area contributed by atoms with E-state index in [0.29, 0.717) is 5.92 Å². The Morgan fingerprint density at radius 3 is 1.88 bits per heavy atom. The third-order valence-corrected chi connectivity index (χ3v) is 2.60. The van der Waals surface area contributed by atoms with Gasteiger partial charge in [0.15, 0.2) is 0 Å². The monoisotopic (exact) mass is 223 g/mol. The van der Waals surface area contributed by atoms with Crippen molar-refractivity contribution in [2.45, 2.75) is 59.3 Å². The maximum atomic E-state index is 11.4. The minimum absolute atomic E-state index is 0.214. The smallest absolute Gasteiger partial charge is 0.413 e. The van der Waals surface area contributed by atoms with Crippen molar-refractivity contribution in [2.75, 3.05) is 0 Å². The molecule has 0 saturated carbocycles. The third-order valence-electron chi connectivity index (χ3n) is 2.60. The fourth-order valence-corrected chi connectivity index (χ4v) is 1.91. The topological polar surface area (TPSA) is 43.1 Å². The van der Waals surface area contributed by atoms with Gasteiger partial charge in [-0.15, -0.1) is 0 Å². The van der Waals surface area contributed by atoms with Crippen molar-refractivity contribution in [3.05, 3.63) is 27.6 Å². The molecular formula is C13H21NO2. The van der Waals surface area contributed by atoms with Crippen molar-refractivity contribution >= 4 is 0 Å². The molecule has 90 valence electrons. The SMILES string of the molecule is CC(C)c1nc(=O)oc(C(C)C)c1C(C)C.